The van der Waals surface area contributed by atoms with Gasteiger partial charge in [-0.2, -0.15) is 18.3 Å². The first-order valence-corrected chi connectivity index (χ1v) is 10.0. The van der Waals surface area contributed by atoms with Crippen LogP contribution in [0.15, 0.2) is 46.0 Å². The number of nitrogens with zero attached hydrogens (tertiary/aromatic N) is 4. The van der Waals surface area contributed by atoms with Crippen LogP contribution >= 0.6 is 24.0 Å². The minimum Gasteiger partial charge on any atom is -0.263 e. The van der Waals surface area contributed by atoms with Gasteiger partial charge in [0.1, 0.15) is 23.2 Å². The summed E-state index contributed by atoms with van der Waals surface area (Å²) in [6, 6.07) is 3.11. The van der Waals surface area contributed by atoms with Crippen LogP contribution in [0.25, 0.3) is 5.57 Å². The molecule has 0 saturated heterocycles. The van der Waals surface area contributed by atoms with Gasteiger partial charge in [0.15, 0.2) is 5.84 Å². The summed E-state index contributed by atoms with van der Waals surface area (Å²) < 4.78 is 71.6. The van der Waals surface area contributed by atoms with Gasteiger partial charge in [0.25, 0.3) is 0 Å². The Balaban J connectivity index is 0.00000306. The van der Waals surface area contributed by atoms with Crippen LogP contribution in [0.3, 0.4) is 0 Å². The zero-order chi connectivity index (χ0) is 23.6. The molecule has 2 heterocycles. The van der Waals surface area contributed by atoms with Crippen LogP contribution in [0.4, 0.5) is 22.0 Å². The number of amidine groups is 1. The summed E-state index contributed by atoms with van der Waals surface area (Å²) in [4.78, 5) is 8.36. The average molecular weight is 505 g/mol. The fourth-order valence-corrected chi connectivity index (χ4v) is 4.19. The molecule has 0 saturated carbocycles. The summed E-state index contributed by atoms with van der Waals surface area (Å²) in [6.45, 7) is 5.69. The number of hydrogen-bond acceptors (Lipinski definition) is 3. The first-order chi connectivity index (χ1) is 14.8. The lowest BCUT2D eigenvalue weighted by Gasteiger charge is -2.22. The average Bonchev–Trinajstić information content (AvgIpc) is 3.19. The largest absolute Gasteiger partial charge is 0.400 e. The van der Waals surface area contributed by atoms with Crippen molar-refractivity contribution in [3.8, 4) is 0 Å². The van der Waals surface area contributed by atoms with Crippen molar-refractivity contribution in [2.24, 2.45) is 23.0 Å². The number of alkyl halides is 3. The molecule has 1 unspecified atom stereocenters. The Morgan fingerprint density at radius 2 is 1.64 bits per heavy atom. The van der Waals surface area contributed by atoms with Crippen molar-refractivity contribution in [3.63, 3.8) is 0 Å². The molecule has 4 nitrogen and oxygen atoms in total. The van der Waals surface area contributed by atoms with Crippen molar-refractivity contribution in [2.45, 2.75) is 32.4 Å². The molecule has 0 radical (unpaired) electrons. The lowest BCUT2D eigenvalue weighted by Crippen LogP contribution is -2.31. The summed E-state index contributed by atoms with van der Waals surface area (Å²) >= 11 is 6.50. The zero-order valence-corrected chi connectivity index (χ0v) is 19.5. The summed E-state index contributed by atoms with van der Waals surface area (Å²) in [7, 11) is 1.59. The molecule has 0 fully saturated rings. The van der Waals surface area contributed by atoms with Crippen molar-refractivity contribution in [3.05, 3.63) is 69.7 Å². The first kappa shape index (κ1) is 25.1. The van der Waals surface area contributed by atoms with Gasteiger partial charge in [-0.25, -0.2) is 18.8 Å². The van der Waals surface area contributed by atoms with Crippen molar-refractivity contribution < 1.29 is 22.0 Å². The monoisotopic (exact) mass is 504 g/mol. The van der Waals surface area contributed by atoms with Gasteiger partial charge in [-0.3, -0.25) is 4.68 Å². The first-order valence-electron chi connectivity index (χ1n) is 9.64. The molecule has 1 aliphatic carbocycles. The van der Waals surface area contributed by atoms with E-state index >= 15 is 0 Å². The summed E-state index contributed by atoms with van der Waals surface area (Å²) in [5.74, 6) is -4.17. The topological polar surface area (TPSA) is 42.5 Å². The summed E-state index contributed by atoms with van der Waals surface area (Å²) in [6.07, 6.45) is -2.79. The van der Waals surface area contributed by atoms with Gasteiger partial charge >= 0.3 is 6.18 Å². The van der Waals surface area contributed by atoms with E-state index in [1.54, 1.807) is 7.05 Å². The number of fused-ring (bicyclic) bond motifs is 1. The lowest BCUT2D eigenvalue weighted by molar-refractivity contribution is -0.143. The molecule has 2 aliphatic rings. The van der Waals surface area contributed by atoms with Crippen LogP contribution in [-0.2, 0) is 12.5 Å². The second-order valence-corrected chi connectivity index (χ2v) is 8.96. The lowest BCUT2D eigenvalue weighted by atomic mass is 9.88. The maximum Gasteiger partial charge on any atom is 0.400 e. The minimum absolute atomic E-state index is 0. The number of aliphatic imine (C=N–C) groups is 2. The molecule has 1 aliphatic heterocycles. The van der Waals surface area contributed by atoms with E-state index in [-0.39, 0.29) is 45.9 Å². The number of aromatic nitrogens is 2. The van der Waals surface area contributed by atoms with Crippen molar-refractivity contribution in [2.75, 3.05) is 0 Å². The summed E-state index contributed by atoms with van der Waals surface area (Å²) in [5, 5.41) is 4.61. The number of rotatable bonds is 2. The number of allylic oxidation sites excluding steroid dienone is 4. The van der Waals surface area contributed by atoms with Gasteiger partial charge in [-0.1, -0.05) is 44.5 Å². The number of hydrogen-bond donors (Lipinski definition) is 0. The van der Waals surface area contributed by atoms with Crippen LogP contribution in [0.2, 0.25) is 5.02 Å². The van der Waals surface area contributed by atoms with Crippen LogP contribution in [0, 0.1) is 17.6 Å². The third-order valence-corrected chi connectivity index (χ3v) is 5.52. The highest BCUT2D eigenvalue weighted by Crippen LogP contribution is 2.41. The van der Waals surface area contributed by atoms with Crippen LogP contribution in [0.1, 0.15) is 37.7 Å². The highest BCUT2D eigenvalue weighted by molar-refractivity contribution is 6.35. The molecule has 1 atom stereocenters. The quantitative estimate of drug-likeness (QED) is 0.434. The van der Waals surface area contributed by atoms with Gasteiger partial charge in [0.2, 0.25) is 0 Å². The Morgan fingerprint density at radius 3 is 2.15 bits per heavy atom. The van der Waals surface area contributed by atoms with E-state index in [9.17, 15) is 22.0 Å². The van der Waals surface area contributed by atoms with Crippen LogP contribution in [-0.4, -0.2) is 27.5 Å². The fraction of sp³-hybridized carbons (Fsp3) is 0.318. The van der Waals surface area contributed by atoms with E-state index in [1.165, 1.54) is 10.8 Å². The molecular formula is C22H19Cl2F5N4. The van der Waals surface area contributed by atoms with E-state index in [0.29, 0.717) is 5.69 Å². The second-order valence-electron chi connectivity index (χ2n) is 8.58. The second kappa shape index (κ2) is 8.36. The number of halogens is 7. The number of benzene rings is 1. The van der Waals surface area contributed by atoms with Gasteiger partial charge in [-0.05, 0) is 23.8 Å². The van der Waals surface area contributed by atoms with Gasteiger partial charge in [0, 0.05) is 12.5 Å². The predicted octanol–water partition coefficient (Wildman–Crippen LogP) is 6.43. The third-order valence-electron chi connectivity index (χ3n) is 5.16. The molecule has 1 aromatic carbocycles. The van der Waals surface area contributed by atoms with Crippen LogP contribution in [0.5, 0.6) is 0 Å². The van der Waals surface area contributed by atoms with E-state index in [1.807, 2.05) is 20.8 Å². The maximum atomic E-state index is 14.3. The standard InChI is InChI=1S/C22H18ClF5N4.ClH/c1-21(2,3)19-16(23)18(32(4)31-19)20-29-14-9-10(15-12(24)6-5-7-13(15)25)8-11(17(14)30-20)22(26,27)28;/h5-9,11H,1-4H3;1H. The Bertz CT molecular complexity index is 1230. The molecule has 0 N–H and O–H groups in total. The molecular weight excluding hydrogens is 486 g/mol. The van der Waals surface area contributed by atoms with Crippen molar-refractivity contribution in [1.82, 2.24) is 9.78 Å². The fourth-order valence-electron chi connectivity index (χ4n) is 3.66. The predicted molar refractivity (Wildman–Crippen MR) is 120 cm³/mol. The van der Waals surface area contributed by atoms with Crippen molar-refractivity contribution in [1.29, 1.82) is 0 Å². The van der Waals surface area contributed by atoms with E-state index in [4.69, 9.17) is 11.6 Å². The van der Waals surface area contributed by atoms with Gasteiger partial charge in [0.05, 0.1) is 27.7 Å². The molecule has 33 heavy (non-hydrogen) atoms. The Labute approximate surface area is 198 Å². The molecule has 0 amide bonds. The zero-order valence-electron chi connectivity index (χ0n) is 17.9. The van der Waals surface area contributed by atoms with Gasteiger partial charge in [-0.15, -0.1) is 12.4 Å². The number of aryl methyl sites for hydroxylation is 1. The maximum absolute atomic E-state index is 14.3. The van der Waals surface area contributed by atoms with Crippen LogP contribution < -0.4 is 0 Å². The SMILES string of the molecule is Cl.Cn1nc(C(C)(C)C)c(Cl)c1C1=NC2=CC(c3c(F)cccc3F)=CC(C(F)(F)F)C2=N1. The molecule has 0 bridgehead atoms. The third kappa shape index (κ3) is 4.36. The normalized spacial score (nSPS) is 18.2. The Kier molecular flexibility index (Phi) is 6.36. The van der Waals surface area contributed by atoms with Gasteiger partial charge < -0.3 is 0 Å². The highest BCUT2D eigenvalue weighted by atomic mass is 35.5. The Morgan fingerprint density at radius 1 is 1.03 bits per heavy atom. The minimum atomic E-state index is -4.75. The molecule has 176 valence electrons. The van der Waals surface area contributed by atoms with E-state index < -0.39 is 34.7 Å². The van der Waals surface area contributed by atoms with E-state index in [2.05, 4.69) is 15.1 Å². The van der Waals surface area contributed by atoms with E-state index in [0.717, 1.165) is 24.3 Å². The summed E-state index contributed by atoms with van der Waals surface area (Å²) in [5.41, 5.74) is -0.905. The van der Waals surface area contributed by atoms with Crippen molar-refractivity contribution >= 4 is 41.1 Å². The highest BCUT2D eigenvalue weighted by Gasteiger charge is 2.46. The molecule has 4 rings (SSSR count). The molecule has 2 aromatic rings. The Hall–Kier alpha value is -2.52. The molecule has 1 aromatic heterocycles. The smallest absolute Gasteiger partial charge is 0.263 e. The molecule has 11 heteroatoms. The molecule has 0 spiro atoms.